The molecule has 3 N–H and O–H groups in total. The van der Waals surface area contributed by atoms with Crippen molar-refractivity contribution < 1.29 is 0 Å². The van der Waals surface area contributed by atoms with Crippen LogP contribution in [0.25, 0.3) is 27.5 Å². The van der Waals surface area contributed by atoms with Crippen LogP contribution in [-0.4, -0.2) is 25.4 Å². The number of hydrogen-bond donors (Lipinski definition) is 2. The number of aliphatic imine (C=N–C) groups is 1. The minimum atomic E-state index is -3.02. The third kappa shape index (κ3) is 6.52. The van der Waals surface area contributed by atoms with Crippen molar-refractivity contribution in [1.29, 1.82) is 0 Å². The zero-order valence-corrected chi connectivity index (χ0v) is 32.9. The van der Waals surface area contributed by atoms with Crippen LogP contribution in [0, 0.1) is 0 Å². The predicted molar refractivity (Wildman–Crippen MR) is 243 cm³/mol. The molecule has 1 aromatic heterocycles. The zero-order chi connectivity index (χ0) is 38.6. The Hall–Kier alpha value is -6.63. The average Bonchev–Trinajstić information content (AvgIpc) is 3.64. The molecular formula is C52H44N4Si. The highest BCUT2D eigenvalue weighted by molar-refractivity contribution is 7.20. The Balaban J connectivity index is 1.29. The van der Waals surface area contributed by atoms with Gasteiger partial charge in [0.1, 0.15) is 6.17 Å². The first-order valence-corrected chi connectivity index (χ1v) is 21.6. The smallest absolute Gasteiger partial charge is 0.181 e. The van der Waals surface area contributed by atoms with E-state index < -0.39 is 14.1 Å². The maximum Gasteiger partial charge on any atom is 0.181 e. The second-order valence-corrected chi connectivity index (χ2v) is 18.2. The van der Waals surface area contributed by atoms with Gasteiger partial charge in [0.2, 0.25) is 0 Å². The van der Waals surface area contributed by atoms with Gasteiger partial charge in [0, 0.05) is 16.5 Å². The van der Waals surface area contributed by atoms with Crippen molar-refractivity contribution >= 4 is 56.3 Å². The van der Waals surface area contributed by atoms with E-state index in [1.165, 1.54) is 42.6 Å². The average molecular weight is 753 g/mol. The van der Waals surface area contributed by atoms with Crippen LogP contribution in [0.3, 0.4) is 0 Å². The maximum absolute atomic E-state index is 7.30. The molecule has 0 aliphatic carbocycles. The van der Waals surface area contributed by atoms with Gasteiger partial charge in [-0.1, -0.05) is 200 Å². The molecular weight excluding hydrogens is 709 g/mol. The molecule has 1 unspecified atom stereocenters. The zero-order valence-electron chi connectivity index (χ0n) is 31.9. The van der Waals surface area contributed by atoms with E-state index in [2.05, 4.69) is 192 Å². The Morgan fingerprint density at radius 2 is 1.02 bits per heavy atom. The summed E-state index contributed by atoms with van der Waals surface area (Å²) in [5.74, 6) is 0. The molecule has 0 amide bonds. The van der Waals surface area contributed by atoms with Gasteiger partial charge >= 0.3 is 0 Å². The molecule has 57 heavy (non-hydrogen) atoms. The van der Waals surface area contributed by atoms with Gasteiger partial charge in [-0.15, -0.1) is 0 Å². The Kier molecular flexibility index (Phi) is 10.0. The minimum absolute atomic E-state index is 0.250. The molecule has 0 radical (unpaired) electrons. The van der Waals surface area contributed by atoms with Gasteiger partial charge in [0.05, 0.1) is 22.8 Å². The summed E-state index contributed by atoms with van der Waals surface area (Å²) in [4.78, 5) is 5.31. The SMILES string of the molecule is CNC(/N=C(/c1ccccc1)[C@H](N)c1ccc([Si](c2ccccc2)(c2ccccc2)c2cccc3c4ccccc4n(-c4ccccc4)c23)cc1)c1ccccc1. The van der Waals surface area contributed by atoms with Crippen LogP contribution in [0.15, 0.2) is 223 Å². The van der Waals surface area contributed by atoms with E-state index in [0.29, 0.717) is 0 Å². The summed E-state index contributed by atoms with van der Waals surface area (Å²) in [5.41, 5.74) is 14.8. The highest BCUT2D eigenvalue weighted by Crippen LogP contribution is 2.32. The molecule has 9 rings (SSSR count). The Morgan fingerprint density at radius 1 is 0.509 bits per heavy atom. The number of aromatic nitrogens is 1. The lowest BCUT2D eigenvalue weighted by atomic mass is 9.97. The molecule has 0 saturated carbocycles. The fraction of sp³-hybridized carbons (Fsp3) is 0.0577. The highest BCUT2D eigenvalue weighted by atomic mass is 28.3. The molecule has 0 saturated heterocycles. The van der Waals surface area contributed by atoms with Crippen molar-refractivity contribution in [3.8, 4) is 5.69 Å². The molecule has 276 valence electrons. The lowest BCUT2D eigenvalue weighted by Crippen LogP contribution is -2.75. The van der Waals surface area contributed by atoms with Crippen molar-refractivity contribution in [2.45, 2.75) is 12.2 Å². The number of benzene rings is 8. The van der Waals surface area contributed by atoms with E-state index in [1.54, 1.807) is 0 Å². The third-order valence-electron chi connectivity index (χ3n) is 11.3. The molecule has 0 aliphatic heterocycles. The summed E-state index contributed by atoms with van der Waals surface area (Å²) >= 11 is 0. The summed E-state index contributed by atoms with van der Waals surface area (Å²) < 4.78 is 2.48. The molecule has 0 bridgehead atoms. The van der Waals surface area contributed by atoms with Gasteiger partial charge in [-0.3, -0.25) is 10.3 Å². The van der Waals surface area contributed by atoms with Gasteiger partial charge in [-0.05, 0) is 62.7 Å². The van der Waals surface area contributed by atoms with Crippen LogP contribution in [0.2, 0.25) is 0 Å². The van der Waals surface area contributed by atoms with Gasteiger partial charge in [-0.2, -0.15) is 0 Å². The molecule has 1 heterocycles. The Morgan fingerprint density at radius 3 is 1.63 bits per heavy atom. The predicted octanol–water partition coefficient (Wildman–Crippen LogP) is 8.57. The number of rotatable bonds is 11. The minimum Gasteiger partial charge on any atom is -0.319 e. The first kappa shape index (κ1) is 36.0. The highest BCUT2D eigenvalue weighted by Gasteiger charge is 2.43. The van der Waals surface area contributed by atoms with Gasteiger partial charge in [0.15, 0.2) is 8.07 Å². The van der Waals surface area contributed by atoms with E-state index >= 15 is 0 Å². The number of hydrogen-bond acceptors (Lipinski definition) is 3. The van der Waals surface area contributed by atoms with Gasteiger partial charge in [0.25, 0.3) is 0 Å². The number of para-hydroxylation sites is 3. The summed E-state index contributed by atoms with van der Waals surface area (Å²) in [7, 11) is -1.07. The largest absolute Gasteiger partial charge is 0.319 e. The molecule has 5 heteroatoms. The van der Waals surface area contributed by atoms with E-state index in [1.807, 2.05) is 43.4 Å². The van der Waals surface area contributed by atoms with Crippen molar-refractivity contribution in [1.82, 2.24) is 9.88 Å². The normalized spacial score (nSPS) is 13.1. The third-order valence-corrected chi connectivity index (χ3v) is 16.1. The van der Waals surface area contributed by atoms with Crippen LogP contribution < -0.4 is 31.8 Å². The maximum atomic E-state index is 7.30. The van der Waals surface area contributed by atoms with Crippen LogP contribution in [0.1, 0.15) is 28.9 Å². The molecule has 8 aromatic carbocycles. The van der Waals surface area contributed by atoms with Gasteiger partial charge < -0.3 is 10.3 Å². The number of nitrogens with one attached hydrogen (secondary N) is 1. The standard InChI is InChI=1S/C52H44N4Si/c1-54-52(40-22-9-3-10-23-40)55-50(39-20-7-2-8-21-39)49(53)38-34-36-44(37-35-38)57(42-26-13-5-14-27-42,43-28-15-6-16-29-43)48-33-19-31-46-45-30-17-18-32-47(45)56(51(46)48)41-24-11-4-12-25-41/h2-37,49,52,54H,53H2,1H3/b55-50-/t49-,52?/m1/s1. The first-order valence-electron chi connectivity index (χ1n) is 19.6. The van der Waals surface area contributed by atoms with Crippen molar-refractivity contribution in [3.05, 3.63) is 235 Å². The van der Waals surface area contributed by atoms with E-state index in [0.717, 1.165) is 28.1 Å². The van der Waals surface area contributed by atoms with Gasteiger partial charge in [-0.25, -0.2) is 0 Å². The second kappa shape index (κ2) is 15.8. The Labute approximate surface area is 335 Å². The van der Waals surface area contributed by atoms with Crippen LogP contribution in [-0.2, 0) is 0 Å². The molecule has 9 aromatic rings. The topological polar surface area (TPSA) is 55.3 Å². The fourth-order valence-electron chi connectivity index (χ4n) is 8.63. The lowest BCUT2D eigenvalue weighted by Gasteiger charge is -2.35. The summed E-state index contributed by atoms with van der Waals surface area (Å²) in [5, 5.41) is 11.1. The fourth-order valence-corrected chi connectivity index (χ4v) is 13.6. The summed E-state index contributed by atoms with van der Waals surface area (Å²) in [6.45, 7) is 0. The number of nitrogens with two attached hydrogens (primary N) is 1. The second-order valence-electron chi connectivity index (χ2n) is 14.5. The molecule has 0 spiro atoms. The molecule has 4 nitrogen and oxygen atoms in total. The number of nitrogens with zero attached hydrogens (tertiary/aromatic N) is 2. The van der Waals surface area contributed by atoms with E-state index in [4.69, 9.17) is 10.7 Å². The van der Waals surface area contributed by atoms with Crippen molar-refractivity contribution in [3.63, 3.8) is 0 Å². The Bertz CT molecular complexity index is 2730. The van der Waals surface area contributed by atoms with Crippen LogP contribution >= 0.6 is 0 Å². The summed E-state index contributed by atoms with van der Waals surface area (Å²) in [6, 6.07) is 78.1. The first-order chi connectivity index (χ1) is 28.2. The lowest BCUT2D eigenvalue weighted by molar-refractivity contribution is 0.621. The summed E-state index contributed by atoms with van der Waals surface area (Å²) in [6.07, 6.45) is -0.250. The van der Waals surface area contributed by atoms with Crippen LogP contribution in [0.4, 0.5) is 0 Å². The number of fused-ring (bicyclic) bond motifs is 3. The quantitative estimate of drug-likeness (QED) is 0.0791. The molecule has 0 aliphatic rings. The van der Waals surface area contributed by atoms with E-state index in [9.17, 15) is 0 Å². The monoisotopic (exact) mass is 752 g/mol. The van der Waals surface area contributed by atoms with Crippen LogP contribution in [0.5, 0.6) is 0 Å². The van der Waals surface area contributed by atoms with Crippen molar-refractivity contribution in [2.75, 3.05) is 7.05 Å². The van der Waals surface area contributed by atoms with E-state index in [-0.39, 0.29) is 6.17 Å². The molecule has 2 atom stereocenters. The molecule has 0 fully saturated rings. The van der Waals surface area contributed by atoms with Crippen molar-refractivity contribution in [2.24, 2.45) is 10.7 Å².